The second kappa shape index (κ2) is 6.35. The first-order valence-electron chi connectivity index (χ1n) is 9.24. The fraction of sp³-hybridized carbons (Fsp3) is 0.200. The fourth-order valence-electron chi connectivity index (χ4n) is 3.74. The van der Waals surface area contributed by atoms with Gasteiger partial charge in [-0.1, -0.05) is 23.5 Å². The van der Waals surface area contributed by atoms with Gasteiger partial charge in [-0.2, -0.15) is 0 Å². The van der Waals surface area contributed by atoms with Crippen LogP contribution in [0.4, 0.5) is 5.13 Å². The van der Waals surface area contributed by atoms with Crippen LogP contribution >= 0.6 is 22.7 Å². The van der Waals surface area contributed by atoms with Crippen LogP contribution in [0.15, 0.2) is 55.0 Å². The van der Waals surface area contributed by atoms with E-state index in [1.54, 1.807) is 28.9 Å². The molecule has 0 N–H and O–H groups in total. The molecule has 1 aliphatic heterocycles. The van der Waals surface area contributed by atoms with Crippen LogP contribution in [0.5, 0.6) is 0 Å². The molecule has 5 aromatic rings. The minimum absolute atomic E-state index is 0.297. The molecule has 1 saturated heterocycles. The van der Waals surface area contributed by atoms with Crippen LogP contribution in [0, 0.1) is 0 Å². The smallest absolute Gasteiger partial charge is 0.214 e. The predicted octanol–water partition coefficient (Wildman–Crippen LogP) is 4.80. The molecule has 0 bridgehead atoms. The van der Waals surface area contributed by atoms with E-state index in [1.165, 1.54) is 9.71 Å². The van der Waals surface area contributed by atoms with E-state index >= 15 is 0 Å². The molecule has 0 radical (unpaired) electrons. The van der Waals surface area contributed by atoms with Crippen LogP contribution in [0.1, 0.15) is 23.9 Å². The summed E-state index contributed by atoms with van der Waals surface area (Å²) < 4.78 is 3.13. The largest absolute Gasteiger partial charge is 0.337 e. The van der Waals surface area contributed by atoms with Crippen molar-refractivity contribution in [2.45, 2.75) is 18.9 Å². The van der Waals surface area contributed by atoms with Gasteiger partial charge in [0.1, 0.15) is 5.01 Å². The summed E-state index contributed by atoms with van der Waals surface area (Å²) in [4.78, 5) is 17.1. The Bertz CT molecular complexity index is 1210. The number of nitrogens with zero attached hydrogens (tertiary/aromatic N) is 6. The van der Waals surface area contributed by atoms with Crippen molar-refractivity contribution in [2.24, 2.45) is 0 Å². The number of anilines is 1. The molecule has 4 aromatic heterocycles. The molecular formula is C20H16N6S2. The highest BCUT2D eigenvalue weighted by atomic mass is 32.1. The van der Waals surface area contributed by atoms with Crippen molar-refractivity contribution < 1.29 is 0 Å². The van der Waals surface area contributed by atoms with Gasteiger partial charge in [-0.3, -0.25) is 4.98 Å². The Labute approximate surface area is 169 Å². The van der Waals surface area contributed by atoms with Crippen LogP contribution in [0.3, 0.4) is 0 Å². The number of hydrogen-bond donors (Lipinski definition) is 0. The SMILES string of the molecule is c1cncc(-c2cn3nc(N4CCCC4c4nc5ccccc5s4)sc3n2)c1. The van der Waals surface area contributed by atoms with E-state index in [2.05, 4.69) is 28.1 Å². The number of para-hydroxylation sites is 1. The maximum Gasteiger partial charge on any atom is 0.214 e. The molecule has 138 valence electrons. The molecule has 0 saturated carbocycles. The van der Waals surface area contributed by atoms with Crippen LogP contribution in [-0.4, -0.2) is 31.1 Å². The molecule has 0 amide bonds. The summed E-state index contributed by atoms with van der Waals surface area (Å²) in [7, 11) is 0. The Morgan fingerprint density at radius 2 is 2.00 bits per heavy atom. The number of hydrogen-bond acceptors (Lipinski definition) is 7. The van der Waals surface area contributed by atoms with Gasteiger partial charge in [0.05, 0.1) is 28.1 Å². The van der Waals surface area contributed by atoms with E-state index in [9.17, 15) is 0 Å². The van der Waals surface area contributed by atoms with Gasteiger partial charge in [-0.25, -0.2) is 14.5 Å². The molecule has 6 nitrogen and oxygen atoms in total. The fourth-order valence-corrected chi connectivity index (χ4v) is 5.82. The summed E-state index contributed by atoms with van der Waals surface area (Å²) in [5.74, 6) is 0. The van der Waals surface area contributed by atoms with Crippen molar-refractivity contribution in [3.63, 3.8) is 0 Å². The lowest BCUT2D eigenvalue weighted by molar-refractivity contribution is 0.707. The third-order valence-corrected chi connectivity index (χ3v) is 7.18. The van der Waals surface area contributed by atoms with E-state index in [0.29, 0.717) is 6.04 Å². The third-order valence-electron chi connectivity index (χ3n) is 5.08. The zero-order chi connectivity index (χ0) is 18.5. The molecule has 28 heavy (non-hydrogen) atoms. The van der Waals surface area contributed by atoms with Gasteiger partial charge in [-0.15, -0.1) is 16.4 Å². The summed E-state index contributed by atoms with van der Waals surface area (Å²) in [6.45, 7) is 1.01. The van der Waals surface area contributed by atoms with Crippen molar-refractivity contribution >= 4 is 43.0 Å². The summed E-state index contributed by atoms with van der Waals surface area (Å²) in [6, 6.07) is 12.6. The number of benzene rings is 1. The minimum atomic E-state index is 0.297. The zero-order valence-corrected chi connectivity index (χ0v) is 16.5. The molecule has 1 atom stereocenters. The van der Waals surface area contributed by atoms with Crippen LogP contribution in [-0.2, 0) is 0 Å². The van der Waals surface area contributed by atoms with Gasteiger partial charge in [0.15, 0.2) is 0 Å². The lowest BCUT2D eigenvalue weighted by Crippen LogP contribution is -2.22. The van der Waals surface area contributed by atoms with Gasteiger partial charge in [0.25, 0.3) is 0 Å². The standard InChI is InChI=1S/C20H16N6S2/c1-2-8-17-14(6-1)22-18(27-17)16-7-4-10-25(16)20-24-26-12-15(23-19(26)28-20)13-5-3-9-21-11-13/h1-3,5-6,8-9,11-12,16H,4,7,10H2. The first-order chi connectivity index (χ1) is 13.8. The first-order valence-corrected chi connectivity index (χ1v) is 10.9. The summed E-state index contributed by atoms with van der Waals surface area (Å²) in [5, 5.41) is 7.02. The summed E-state index contributed by atoms with van der Waals surface area (Å²) >= 11 is 3.43. The predicted molar refractivity (Wildman–Crippen MR) is 113 cm³/mol. The van der Waals surface area contributed by atoms with Gasteiger partial charge < -0.3 is 4.90 Å². The summed E-state index contributed by atoms with van der Waals surface area (Å²) in [6.07, 6.45) is 7.85. The number of thiazole rings is 1. The number of aromatic nitrogens is 5. The normalized spacial score (nSPS) is 17.1. The monoisotopic (exact) mass is 404 g/mol. The number of fused-ring (bicyclic) bond motifs is 2. The van der Waals surface area contributed by atoms with Crippen molar-refractivity contribution in [1.29, 1.82) is 0 Å². The van der Waals surface area contributed by atoms with E-state index in [-0.39, 0.29) is 0 Å². The number of rotatable bonds is 3. The van der Waals surface area contributed by atoms with Crippen molar-refractivity contribution in [1.82, 2.24) is 24.6 Å². The Balaban J connectivity index is 1.35. The van der Waals surface area contributed by atoms with Gasteiger partial charge in [0, 0.05) is 24.5 Å². The van der Waals surface area contributed by atoms with Crippen molar-refractivity contribution in [3.05, 3.63) is 60.0 Å². The first kappa shape index (κ1) is 16.1. The number of pyridine rings is 1. The molecule has 0 aliphatic carbocycles. The highest BCUT2D eigenvalue weighted by Crippen LogP contribution is 2.40. The van der Waals surface area contributed by atoms with Gasteiger partial charge in [0.2, 0.25) is 10.1 Å². The molecule has 8 heteroatoms. The van der Waals surface area contributed by atoms with Crippen molar-refractivity contribution in [2.75, 3.05) is 11.4 Å². The van der Waals surface area contributed by atoms with Crippen LogP contribution in [0.2, 0.25) is 0 Å². The average molecular weight is 405 g/mol. The van der Waals surface area contributed by atoms with Gasteiger partial charge in [-0.05, 0) is 37.1 Å². The molecule has 1 unspecified atom stereocenters. The molecule has 1 aliphatic rings. The topological polar surface area (TPSA) is 59.2 Å². The Morgan fingerprint density at radius 1 is 1.04 bits per heavy atom. The van der Waals surface area contributed by atoms with E-state index in [1.807, 2.05) is 35.1 Å². The van der Waals surface area contributed by atoms with Crippen LogP contribution in [0.25, 0.3) is 26.4 Å². The van der Waals surface area contributed by atoms with Crippen LogP contribution < -0.4 is 4.90 Å². The molecule has 5 heterocycles. The lowest BCUT2D eigenvalue weighted by atomic mass is 10.2. The summed E-state index contributed by atoms with van der Waals surface area (Å²) in [5.41, 5.74) is 3.00. The van der Waals surface area contributed by atoms with E-state index < -0.39 is 0 Å². The maximum absolute atomic E-state index is 4.89. The highest BCUT2D eigenvalue weighted by Gasteiger charge is 2.31. The maximum atomic E-state index is 4.89. The molecule has 6 rings (SSSR count). The van der Waals surface area contributed by atoms with Crippen molar-refractivity contribution in [3.8, 4) is 11.3 Å². The second-order valence-corrected chi connectivity index (χ2v) is 8.85. The third kappa shape index (κ3) is 2.60. The van der Waals surface area contributed by atoms with E-state index in [4.69, 9.17) is 15.1 Å². The van der Waals surface area contributed by atoms with E-state index in [0.717, 1.165) is 46.3 Å². The Kier molecular flexibility index (Phi) is 3.66. The number of imidazole rings is 1. The zero-order valence-electron chi connectivity index (χ0n) is 14.9. The quantitative estimate of drug-likeness (QED) is 0.432. The van der Waals surface area contributed by atoms with Gasteiger partial charge >= 0.3 is 0 Å². The lowest BCUT2D eigenvalue weighted by Gasteiger charge is -2.21. The second-order valence-electron chi connectivity index (χ2n) is 6.85. The Hall–Kier alpha value is -2.84. The average Bonchev–Trinajstić information content (AvgIpc) is 3.48. The molecular weight excluding hydrogens is 388 g/mol. The molecule has 0 spiro atoms. The Morgan fingerprint density at radius 3 is 2.86 bits per heavy atom. The minimum Gasteiger partial charge on any atom is -0.337 e. The molecule has 1 aromatic carbocycles. The highest BCUT2D eigenvalue weighted by molar-refractivity contribution is 7.20. The molecule has 1 fully saturated rings.